The number of nitrogens with one attached hydrogen (secondary N) is 1. The maximum Gasteiger partial charge on any atom is 0.264 e. The van der Waals surface area contributed by atoms with Crippen LogP contribution in [0.4, 0.5) is 10.1 Å². The summed E-state index contributed by atoms with van der Waals surface area (Å²) in [6.07, 6.45) is 3.89. The molecule has 4 aromatic rings. The molecule has 0 unspecified atom stereocenters. The van der Waals surface area contributed by atoms with Crippen molar-refractivity contribution >= 4 is 27.5 Å². The molecule has 240 valence electrons. The molecule has 0 aliphatic heterocycles. The standard InChI is InChI=1S/C37H40FN3O4S/c1-27-14-13-23-34(28(27)2)41(46(44,45)32-20-7-4-8-21-32)26-36(42)40(25-30-17-9-12-22-33(30)38)35(24-29-15-5-3-6-16-29)37(43)39-31-18-10-11-19-31/h3-9,12-17,20-23,31,35H,10-11,18-19,24-26H2,1-2H3,(H,39,43)/t35-/m1/s1. The Morgan fingerprint density at radius 3 is 2.15 bits per heavy atom. The fourth-order valence-electron chi connectivity index (χ4n) is 5.97. The Morgan fingerprint density at radius 1 is 0.848 bits per heavy atom. The van der Waals surface area contributed by atoms with Gasteiger partial charge in [0, 0.05) is 24.6 Å². The third-order valence-corrected chi connectivity index (χ3v) is 10.5. The number of rotatable bonds is 12. The lowest BCUT2D eigenvalue weighted by Gasteiger charge is -2.34. The summed E-state index contributed by atoms with van der Waals surface area (Å²) in [6, 6.07) is 27.7. The van der Waals surface area contributed by atoms with Gasteiger partial charge in [0.25, 0.3) is 10.0 Å². The van der Waals surface area contributed by atoms with Crippen LogP contribution in [0.2, 0.25) is 0 Å². The Labute approximate surface area is 271 Å². The summed E-state index contributed by atoms with van der Waals surface area (Å²) in [7, 11) is -4.22. The second kappa shape index (κ2) is 14.7. The highest BCUT2D eigenvalue weighted by atomic mass is 32.2. The Kier molecular flexibility index (Phi) is 10.5. The molecule has 0 aromatic heterocycles. The largest absolute Gasteiger partial charge is 0.352 e. The van der Waals surface area contributed by atoms with Crippen LogP contribution >= 0.6 is 0 Å². The van der Waals surface area contributed by atoms with Crippen LogP contribution in [0.1, 0.15) is 47.9 Å². The van der Waals surface area contributed by atoms with Crippen molar-refractivity contribution in [3.8, 4) is 0 Å². The third kappa shape index (κ3) is 7.65. The molecule has 0 spiro atoms. The lowest BCUT2D eigenvalue weighted by atomic mass is 10.0. The molecular formula is C37H40FN3O4S. The highest BCUT2D eigenvalue weighted by Gasteiger charge is 2.36. The van der Waals surface area contributed by atoms with Crippen LogP contribution in [-0.4, -0.2) is 43.8 Å². The van der Waals surface area contributed by atoms with Crippen molar-refractivity contribution in [1.82, 2.24) is 10.2 Å². The minimum atomic E-state index is -4.22. The summed E-state index contributed by atoms with van der Waals surface area (Å²) in [6.45, 7) is 2.89. The van der Waals surface area contributed by atoms with Crippen molar-refractivity contribution in [3.05, 3.63) is 131 Å². The van der Waals surface area contributed by atoms with Crippen LogP contribution in [0.3, 0.4) is 0 Å². The first-order valence-electron chi connectivity index (χ1n) is 15.7. The van der Waals surface area contributed by atoms with Crippen molar-refractivity contribution in [1.29, 1.82) is 0 Å². The van der Waals surface area contributed by atoms with Gasteiger partial charge in [0.2, 0.25) is 11.8 Å². The van der Waals surface area contributed by atoms with E-state index < -0.39 is 34.3 Å². The van der Waals surface area contributed by atoms with Crippen molar-refractivity contribution in [2.24, 2.45) is 0 Å². The molecule has 1 atom stereocenters. The molecule has 1 aliphatic carbocycles. The van der Waals surface area contributed by atoms with E-state index in [4.69, 9.17) is 0 Å². The van der Waals surface area contributed by atoms with Crippen LogP contribution in [0.25, 0.3) is 0 Å². The van der Waals surface area contributed by atoms with Crippen molar-refractivity contribution in [2.75, 3.05) is 10.8 Å². The third-order valence-electron chi connectivity index (χ3n) is 8.73. The number of amides is 2. The summed E-state index contributed by atoms with van der Waals surface area (Å²) in [4.78, 5) is 30.0. The molecular weight excluding hydrogens is 601 g/mol. The summed E-state index contributed by atoms with van der Waals surface area (Å²) in [5, 5.41) is 3.13. The number of anilines is 1. The van der Waals surface area contributed by atoms with Gasteiger partial charge in [-0.25, -0.2) is 12.8 Å². The number of sulfonamides is 1. The molecule has 0 heterocycles. The Hall–Kier alpha value is -4.50. The highest BCUT2D eigenvalue weighted by molar-refractivity contribution is 7.92. The van der Waals surface area contributed by atoms with Gasteiger partial charge in [0.1, 0.15) is 18.4 Å². The van der Waals surface area contributed by atoms with E-state index in [0.717, 1.165) is 41.1 Å². The Bertz CT molecular complexity index is 1760. The van der Waals surface area contributed by atoms with Gasteiger partial charge in [0.15, 0.2) is 0 Å². The van der Waals surface area contributed by atoms with Crippen LogP contribution in [-0.2, 0) is 32.6 Å². The lowest BCUT2D eigenvalue weighted by molar-refractivity contribution is -0.140. The van der Waals surface area contributed by atoms with Gasteiger partial charge in [-0.3, -0.25) is 13.9 Å². The fourth-order valence-corrected chi connectivity index (χ4v) is 7.46. The smallest absolute Gasteiger partial charge is 0.264 e. The van der Waals surface area contributed by atoms with E-state index in [1.807, 2.05) is 50.2 Å². The minimum absolute atomic E-state index is 0.0129. The Balaban J connectivity index is 1.59. The monoisotopic (exact) mass is 641 g/mol. The average Bonchev–Trinajstić information content (AvgIpc) is 3.57. The zero-order valence-corrected chi connectivity index (χ0v) is 27.0. The number of nitrogens with zero attached hydrogens (tertiary/aromatic N) is 2. The fraction of sp³-hybridized carbons (Fsp3) is 0.297. The lowest BCUT2D eigenvalue weighted by Crippen LogP contribution is -2.54. The summed E-state index contributed by atoms with van der Waals surface area (Å²) >= 11 is 0. The molecule has 4 aromatic carbocycles. The van der Waals surface area contributed by atoms with E-state index >= 15 is 4.39 Å². The zero-order valence-electron chi connectivity index (χ0n) is 26.2. The summed E-state index contributed by atoms with van der Waals surface area (Å²) in [5.74, 6) is -1.48. The van der Waals surface area contributed by atoms with E-state index in [2.05, 4.69) is 5.32 Å². The summed E-state index contributed by atoms with van der Waals surface area (Å²) in [5.41, 5.74) is 2.98. The number of aryl methyl sites for hydroxylation is 1. The molecule has 46 heavy (non-hydrogen) atoms. The first-order chi connectivity index (χ1) is 22.1. The molecule has 5 rings (SSSR count). The van der Waals surface area contributed by atoms with Crippen molar-refractivity contribution in [2.45, 2.75) is 69.5 Å². The predicted molar refractivity (Wildman–Crippen MR) is 178 cm³/mol. The normalized spacial score (nSPS) is 14.1. The number of halogens is 1. The van der Waals surface area contributed by atoms with Gasteiger partial charge in [0.05, 0.1) is 10.6 Å². The SMILES string of the molecule is Cc1cccc(N(CC(=O)N(Cc2ccccc2F)[C@H](Cc2ccccc2)C(=O)NC2CCCC2)S(=O)(=O)c2ccccc2)c1C. The maximum atomic E-state index is 15.1. The quantitative estimate of drug-likeness (QED) is 0.196. The number of hydrogen-bond donors (Lipinski definition) is 1. The van der Waals surface area contributed by atoms with Gasteiger partial charge < -0.3 is 10.2 Å². The van der Waals surface area contributed by atoms with E-state index in [-0.39, 0.29) is 35.4 Å². The van der Waals surface area contributed by atoms with Gasteiger partial charge in [-0.2, -0.15) is 0 Å². The molecule has 1 aliphatic rings. The second-order valence-corrected chi connectivity index (χ2v) is 13.7. The molecule has 0 bridgehead atoms. The molecule has 9 heteroatoms. The molecule has 0 radical (unpaired) electrons. The van der Waals surface area contributed by atoms with Crippen LogP contribution < -0.4 is 9.62 Å². The number of benzene rings is 4. The molecule has 7 nitrogen and oxygen atoms in total. The first-order valence-corrected chi connectivity index (χ1v) is 17.1. The first kappa shape index (κ1) is 32.9. The zero-order chi connectivity index (χ0) is 32.7. The van der Waals surface area contributed by atoms with Crippen molar-refractivity contribution < 1.29 is 22.4 Å². The molecule has 1 fully saturated rings. The molecule has 1 saturated carbocycles. The minimum Gasteiger partial charge on any atom is -0.352 e. The van der Waals surface area contributed by atoms with Crippen LogP contribution in [0.15, 0.2) is 108 Å². The van der Waals surface area contributed by atoms with Gasteiger partial charge in [-0.05, 0) is 67.6 Å². The van der Waals surface area contributed by atoms with Crippen LogP contribution in [0, 0.1) is 19.7 Å². The van der Waals surface area contributed by atoms with E-state index in [1.54, 1.807) is 48.5 Å². The van der Waals surface area contributed by atoms with E-state index in [9.17, 15) is 18.0 Å². The van der Waals surface area contributed by atoms with E-state index in [1.165, 1.54) is 23.1 Å². The predicted octanol–water partition coefficient (Wildman–Crippen LogP) is 6.34. The second-order valence-electron chi connectivity index (χ2n) is 11.9. The topological polar surface area (TPSA) is 86.8 Å². The number of carbonyl (C=O) groups is 2. The number of carbonyl (C=O) groups excluding carboxylic acids is 2. The van der Waals surface area contributed by atoms with Gasteiger partial charge in [-0.1, -0.05) is 91.7 Å². The van der Waals surface area contributed by atoms with Crippen LogP contribution in [0.5, 0.6) is 0 Å². The van der Waals surface area contributed by atoms with Gasteiger partial charge >= 0.3 is 0 Å². The average molecular weight is 642 g/mol. The number of hydrogen-bond acceptors (Lipinski definition) is 4. The molecule has 1 N–H and O–H groups in total. The highest BCUT2D eigenvalue weighted by Crippen LogP contribution is 2.29. The molecule has 0 saturated heterocycles. The summed E-state index contributed by atoms with van der Waals surface area (Å²) < 4.78 is 44.6. The maximum absolute atomic E-state index is 15.1. The van der Waals surface area contributed by atoms with Gasteiger partial charge in [-0.15, -0.1) is 0 Å². The van der Waals surface area contributed by atoms with Crippen molar-refractivity contribution in [3.63, 3.8) is 0 Å². The van der Waals surface area contributed by atoms with E-state index in [0.29, 0.717) is 11.3 Å². The Morgan fingerprint density at radius 2 is 1.48 bits per heavy atom. The molecule has 2 amide bonds.